The third-order valence-corrected chi connectivity index (χ3v) is 8.25. The van der Waals surface area contributed by atoms with E-state index in [1.54, 1.807) is 18.4 Å². The van der Waals surface area contributed by atoms with Crippen molar-refractivity contribution >= 4 is 23.8 Å². The number of nitrogens with one attached hydrogen (secondary N) is 2. The number of aromatic nitrogens is 2. The lowest BCUT2D eigenvalue weighted by Gasteiger charge is -2.20. The number of carbonyl (C=O) groups is 2. The van der Waals surface area contributed by atoms with Gasteiger partial charge in [-0.3, -0.25) is 14.3 Å². The van der Waals surface area contributed by atoms with Gasteiger partial charge in [0.25, 0.3) is 11.8 Å². The van der Waals surface area contributed by atoms with Gasteiger partial charge in [0.2, 0.25) is 0 Å². The maximum atomic E-state index is 13.1. The highest BCUT2D eigenvalue weighted by atomic mass is 32.2. The van der Waals surface area contributed by atoms with Crippen molar-refractivity contribution < 1.29 is 14.3 Å². The van der Waals surface area contributed by atoms with Crippen LogP contribution < -0.4 is 14.8 Å². The lowest BCUT2D eigenvalue weighted by Crippen LogP contribution is -2.46. The number of rotatable bonds is 15. The minimum atomic E-state index is -0.730. The van der Waals surface area contributed by atoms with E-state index in [9.17, 15) is 9.59 Å². The zero-order valence-electron chi connectivity index (χ0n) is 27.6. The number of unbranched alkanes of at least 4 members (excludes halogenated alkanes) is 4. The first kappa shape index (κ1) is 37.3. The van der Waals surface area contributed by atoms with Crippen LogP contribution in [-0.2, 0) is 16.6 Å². The maximum Gasteiger partial charge on any atom is 0.252 e. The number of nitrogens with zero attached hydrogens (tertiary/aromatic N) is 2. The second kappa shape index (κ2) is 18.2. The van der Waals surface area contributed by atoms with Crippen molar-refractivity contribution in [2.75, 3.05) is 12.9 Å². The van der Waals surface area contributed by atoms with E-state index < -0.39 is 6.04 Å². The summed E-state index contributed by atoms with van der Waals surface area (Å²) in [7, 11) is 0. The van der Waals surface area contributed by atoms with Gasteiger partial charge in [-0.15, -0.1) is 0 Å². The first-order valence-electron chi connectivity index (χ1n) is 16.1. The molecule has 4 rings (SSSR count). The Balaban J connectivity index is 0.00000600. The predicted molar refractivity (Wildman–Crippen MR) is 196 cm³/mol. The zero-order chi connectivity index (χ0) is 32.9. The Kier molecular flexibility index (Phi) is 14.5. The van der Waals surface area contributed by atoms with Crippen LogP contribution >= 0.6 is 11.9 Å². The summed E-state index contributed by atoms with van der Waals surface area (Å²) in [6, 6.07) is 22.6. The maximum absolute atomic E-state index is 13.1. The highest BCUT2D eigenvalue weighted by Crippen LogP contribution is 2.24. The molecule has 2 amide bonds. The molecule has 1 heterocycles. The van der Waals surface area contributed by atoms with Crippen molar-refractivity contribution in [2.45, 2.75) is 85.1 Å². The highest BCUT2D eigenvalue weighted by molar-refractivity contribution is 7.97. The van der Waals surface area contributed by atoms with Crippen LogP contribution in [-0.4, -0.2) is 40.7 Å². The molecule has 2 N–H and O–H groups in total. The normalized spacial score (nSPS) is 11.7. The third kappa shape index (κ3) is 11.2. The SMILES string of the molecule is C.CCCCCCCOc1ccc(-c2cnc(-c3ccc(CC(NC(=O)c4ccc(C(C)(C)C)cc4)C(=O)NSC)cc3)nc2)cc1. The molecule has 250 valence electrons. The van der Waals surface area contributed by atoms with Gasteiger partial charge in [-0.05, 0) is 52.8 Å². The fourth-order valence-corrected chi connectivity index (χ4v) is 5.38. The van der Waals surface area contributed by atoms with Crippen molar-refractivity contribution in [3.63, 3.8) is 0 Å². The zero-order valence-corrected chi connectivity index (χ0v) is 28.5. The Hall–Kier alpha value is -4.17. The fraction of sp³-hybridized carbons (Fsp3) is 0.385. The van der Waals surface area contributed by atoms with Crippen LogP contribution in [0.15, 0.2) is 85.2 Å². The van der Waals surface area contributed by atoms with Gasteiger partial charge in [-0.1, -0.05) is 121 Å². The minimum absolute atomic E-state index is 0. The first-order valence-corrected chi connectivity index (χ1v) is 17.3. The van der Waals surface area contributed by atoms with Gasteiger partial charge in [-0.25, -0.2) is 9.97 Å². The predicted octanol–water partition coefficient (Wildman–Crippen LogP) is 8.83. The van der Waals surface area contributed by atoms with E-state index in [0.29, 0.717) is 17.8 Å². The van der Waals surface area contributed by atoms with E-state index in [2.05, 4.69) is 47.7 Å². The summed E-state index contributed by atoms with van der Waals surface area (Å²) in [5.41, 5.74) is 5.38. The van der Waals surface area contributed by atoms with E-state index >= 15 is 0 Å². The smallest absolute Gasteiger partial charge is 0.252 e. The van der Waals surface area contributed by atoms with Gasteiger partial charge in [0.15, 0.2) is 5.82 Å². The first-order chi connectivity index (χ1) is 22.2. The van der Waals surface area contributed by atoms with Crippen LogP contribution in [0.1, 0.15) is 88.7 Å². The molecule has 7 nitrogen and oxygen atoms in total. The Bertz CT molecular complexity index is 1530. The van der Waals surface area contributed by atoms with Gasteiger partial charge in [0, 0.05) is 41.8 Å². The van der Waals surface area contributed by atoms with Crippen LogP contribution in [0.25, 0.3) is 22.5 Å². The van der Waals surface area contributed by atoms with E-state index in [-0.39, 0.29) is 24.7 Å². The van der Waals surface area contributed by atoms with Crippen molar-refractivity contribution in [1.29, 1.82) is 0 Å². The average molecular weight is 655 g/mol. The molecule has 0 bridgehead atoms. The van der Waals surface area contributed by atoms with Gasteiger partial charge in [0.1, 0.15) is 11.8 Å². The topological polar surface area (TPSA) is 93.2 Å². The molecule has 1 aromatic heterocycles. The van der Waals surface area contributed by atoms with Gasteiger partial charge >= 0.3 is 0 Å². The van der Waals surface area contributed by atoms with Crippen LogP contribution in [0.2, 0.25) is 0 Å². The molecule has 1 atom stereocenters. The monoisotopic (exact) mass is 654 g/mol. The third-order valence-electron chi connectivity index (χ3n) is 7.85. The molecule has 0 fully saturated rings. The van der Waals surface area contributed by atoms with Crippen LogP contribution in [0.4, 0.5) is 0 Å². The summed E-state index contributed by atoms with van der Waals surface area (Å²) in [4.78, 5) is 35.1. The molecule has 0 saturated carbocycles. The summed E-state index contributed by atoms with van der Waals surface area (Å²) in [6.45, 7) is 9.35. The molecule has 0 spiro atoms. The second-order valence-corrected chi connectivity index (χ2v) is 13.1. The Labute approximate surface area is 285 Å². The summed E-state index contributed by atoms with van der Waals surface area (Å²) >= 11 is 1.21. The Morgan fingerprint density at radius 1 is 0.809 bits per heavy atom. The number of carbonyl (C=O) groups excluding carboxylic acids is 2. The number of amides is 2. The number of ether oxygens (including phenoxy) is 1. The van der Waals surface area contributed by atoms with Crippen molar-refractivity contribution in [3.8, 4) is 28.3 Å². The molecule has 0 radical (unpaired) electrons. The Morgan fingerprint density at radius 2 is 1.43 bits per heavy atom. The van der Waals surface area contributed by atoms with Gasteiger partial charge in [-0.2, -0.15) is 0 Å². The average Bonchev–Trinajstić information content (AvgIpc) is 3.06. The molecule has 3 aromatic carbocycles. The molecule has 0 aliphatic rings. The van der Waals surface area contributed by atoms with Gasteiger partial charge in [0.05, 0.1) is 6.61 Å². The molecule has 0 aliphatic heterocycles. The van der Waals surface area contributed by atoms with Crippen LogP contribution in [0, 0.1) is 0 Å². The number of benzene rings is 3. The lowest BCUT2D eigenvalue weighted by molar-refractivity contribution is -0.121. The van der Waals surface area contributed by atoms with Crippen molar-refractivity contribution in [1.82, 2.24) is 20.0 Å². The molecular formula is C39H50N4O3S. The van der Waals surface area contributed by atoms with Crippen LogP contribution in [0.5, 0.6) is 5.75 Å². The molecule has 8 heteroatoms. The summed E-state index contributed by atoms with van der Waals surface area (Å²) in [6.07, 6.45) is 11.9. The summed E-state index contributed by atoms with van der Waals surface area (Å²) in [5, 5.41) is 2.92. The molecule has 0 aliphatic carbocycles. The van der Waals surface area contributed by atoms with E-state index in [0.717, 1.165) is 46.6 Å². The molecule has 47 heavy (non-hydrogen) atoms. The van der Waals surface area contributed by atoms with Crippen molar-refractivity contribution in [2.24, 2.45) is 0 Å². The van der Waals surface area contributed by atoms with E-state index in [1.165, 1.54) is 37.6 Å². The number of hydrogen-bond donors (Lipinski definition) is 2. The van der Waals surface area contributed by atoms with Crippen LogP contribution in [0.3, 0.4) is 0 Å². The highest BCUT2D eigenvalue weighted by Gasteiger charge is 2.22. The molecule has 0 saturated heterocycles. The van der Waals surface area contributed by atoms with E-state index in [4.69, 9.17) is 4.74 Å². The second-order valence-electron chi connectivity index (χ2n) is 12.5. The quantitative estimate of drug-likeness (QED) is 0.0983. The fourth-order valence-electron chi connectivity index (χ4n) is 5.04. The standard InChI is InChI=1S/C38H46N4O3S.CH4/c1-6-7-8-9-10-23-45-33-21-17-28(18-22-33)31-25-39-35(40-26-31)29-13-11-27(12-14-29)24-34(37(44)42-46-5)41-36(43)30-15-19-32(20-16-30)38(2,3)4;/h11-22,25-26,34H,6-10,23-24H2,1-5H3,(H,41,43)(H,42,44);1H4. The minimum Gasteiger partial charge on any atom is -0.494 e. The summed E-state index contributed by atoms with van der Waals surface area (Å²) in [5.74, 6) is 0.949. The molecular weight excluding hydrogens is 605 g/mol. The molecule has 4 aromatic rings. The number of hydrogen-bond acceptors (Lipinski definition) is 6. The lowest BCUT2D eigenvalue weighted by atomic mass is 9.86. The largest absolute Gasteiger partial charge is 0.494 e. The molecule has 1 unspecified atom stereocenters. The van der Waals surface area contributed by atoms with Gasteiger partial charge < -0.3 is 10.1 Å². The van der Waals surface area contributed by atoms with Crippen molar-refractivity contribution in [3.05, 3.63) is 102 Å². The Morgan fingerprint density at radius 3 is 2.02 bits per heavy atom. The van der Waals surface area contributed by atoms with E-state index in [1.807, 2.05) is 73.1 Å². The summed E-state index contributed by atoms with van der Waals surface area (Å²) < 4.78 is 8.65.